The van der Waals surface area contributed by atoms with E-state index < -0.39 is 11.7 Å². The number of hydrogen-bond acceptors (Lipinski definition) is 5. The minimum atomic E-state index is -0.505. The van der Waals surface area contributed by atoms with Crippen LogP contribution in [0.4, 0.5) is 14.7 Å². The molecule has 3 N–H and O–H groups in total. The highest BCUT2D eigenvalue weighted by molar-refractivity contribution is 9.10. The fourth-order valence-corrected chi connectivity index (χ4v) is 2.08. The summed E-state index contributed by atoms with van der Waals surface area (Å²) in [5.41, 5.74) is 5.55. The van der Waals surface area contributed by atoms with Crippen molar-refractivity contribution in [3.05, 3.63) is 34.1 Å². The van der Waals surface area contributed by atoms with Crippen LogP contribution in [0.1, 0.15) is 10.4 Å². The molecule has 0 saturated heterocycles. The SMILES string of the molecule is Nc1nnc(NC(=O)c2cccc(F)c2Br)s1. The van der Waals surface area contributed by atoms with E-state index in [0.717, 1.165) is 11.3 Å². The van der Waals surface area contributed by atoms with E-state index in [2.05, 4.69) is 31.4 Å². The molecule has 0 aliphatic heterocycles. The monoisotopic (exact) mass is 316 g/mol. The van der Waals surface area contributed by atoms with Crippen molar-refractivity contribution >= 4 is 43.4 Å². The lowest BCUT2D eigenvalue weighted by Crippen LogP contribution is -2.12. The van der Waals surface area contributed by atoms with E-state index in [-0.39, 0.29) is 20.3 Å². The van der Waals surface area contributed by atoms with Crippen molar-refractivity contribution in [2.45, 2.75) is 0 Å². The Hall–Kier alpha value is -1.54. The van der Waals surface area contributed by atoms with Gasteiger partial charge in [0.1, 0.15) is 5.82 Å². The molecule has 0 saturated carbocycles. The minimum absolute atomic E-state index is 0.106. The number of nitrogens with zero attached hydrogens (tertiary/aromatic N) is 2. The summed E-state index contributed by atoms with van der Waals surface area (Å²) in [5.74, 6) is -0.984. The summed E-state index contributed by atoms with van der Waals surface area (Å²) < 4.78 is 13.3. The maximum atomic E-state index is 13.2. The first kappa shape index (κ1) is 11.9. The van der Waals surface area contributed by atoms with Gasteiger partial charge >= 0.3 is 0 Å². The average molecular weight is 317 g/mol. The Morgan fingerprint density at radius 3 is 2.88 bits per heavy atom. The number of benzene rings is 1. The summed E-state index contributed by atoms with van der Waals surface area (Å²) >= 11 is 4.04. The maximum absolute atomic E-state index is 13.2. The Balaban J connectivity index is 2.23. The Kier molecular flexibility index (Phi) is 3.34. The molecule has 0 atom stereocenters. The second kappa shape index (κ2) is 4.76. The summed E-state index contributed by atoms with van der Waals surface area (Å²) in [6, 6.07) is 4.19. The van der Waals surface area contributed by atoms with Crippen LogP contribution in [0.3, 0.4) is 0 Å². The fraction of sp³-hybridized carbons (Fsp3) is 0. The molecule has 17 heavy (non-hydrogen) atoms. The standard InChI is InChI=1S/C9H6BrFN4OS/c10-6-4(2-1-3-5(6)11)7(16)13-9-15-14-8(12)17-9/h1-3H,(H2,12,14)(H,13,15,16). The van der Waals surface area contributed by atoms with Gasteiger partial charge in [0.25, 0.3) is 5.91 Å². The third kappa shape index (κ3) is 2.59. The molecule has 1 amide bonds. The van der Waals surface area contributed by atoms with Crippen molar-refractivity contribution in [2.24, 2.45) is 0 Å². The molecule has 1 heterocycles. The van der Waals surface area contributed by atoms with Crippen LogP contribution < -0.4 is 11.1 Å². The molecule has 0 aliphatic carbocycles. The summed E-state index contributed by atoms with van der Waals surface area (Å²) in [5, 5.41) is 10.2. The van der Waals surface area contributed by atoms with Gasteiger partial charge in [-0.2, -0.15) is 0 Å². The Morgan fingerprint density at radius 1 is 1.47 bits per heavy atom. The number of nitrogens with two attached hydrogens (primary N) is 1. The minimum Gasteiger partial charge on any atom is -0.374 e. The number of nitrogens with one attached hydrogen (secondary N) is 1. The Bertz CT molecular complexity index is 574. The van der Waals surface area contributed by atoms with Crippen molar-refractivity contribution in [2.75, 3.05) is 11.1 Å². The molecule has 0 bridgehead atoms. The van der Waals surface area contributed by atoms with E-state index in [9.17, 15) is 9.18 Å². The number of rotatable bonds is 2. The van der Waals surface area contributed by atoms with Crippen molar-refractivity contribution in [3.63, 3.8) is 0 Å². The second-order valence-corrected chi connectivity index (χ2v) is 4.80. The zero-order chi connectivity index (χ0) is 12.4. The number of carbonyl (C=O) groups excluding carboxylic acids is 1. The second-order valence-electron chi connectivity index (χ2n) is 3.00. The van der Waals surface area contributed by atoms with Gasteiger partial charge in [-0.15, -0.1) is 10.2 Å². The Morgan fingerprint density at radius 2 is 2.24 bits per heavy atom. The fourth-order valence-electron chi connectivity index (χ4n) is 1.13. The van der Waals surface area contributed by atoms with Gasteiger partial charge in [-0.05, 0) is 28.1 Å². The van der Waals surface area contributed by atoms with E-state index in [1.165, 1.54) is 18.2 Å². The van der Waals surface area contributed by atoms with E-state index in [4.69, 9.17) is 5.73 Å². The van der Waals surface area contributed by atoms with Gasteiger partial charge in [-0.1, -0.05) is 17.4 Å². The summed E-state index contributed by atoms with van der Waals surface area (Å²) in [6.07, 6.45) is 0. The number of anilines is 2. The molecule has 0 fully saturated rings. The molecule has 8 heteroatoms. The first-order valence-corrected chi connectivity index (χ1v) is 6.03. The predicted molar refractivity (Wildman–Crippen MR) is 66.4 cm³/mol. The van der Waals surface area contributed by atoms with Crippen LogP contribution in [-0.2, 0) is 0 Å². The van der Waals surface area contributed by atoms with Crippen LogP contribution >= 0.6 is 27.3 Å². The van der Waals surface area contributed by atoms with Crippen LogP contribution in [0.5, 0.6) is 0 Å². The number of nitrogen functional groups attached to an aromatic ring is 1. The highest BCUT2D eigenvalue weighted by Gasteiger charge is 2.14. The van der Waals surface area contributed by atoms with Gasteiger partial charge in [-0.25, -0.2) is 4.39 Å². The Labute approximate surface area is 108 Å². The smallest absolute Gasteiger partial charge is 0.258 e. The number of hydrogen-bond donors (Lipinski definition) is 2. The number of aromatic nitrogens is 2. The maximum Gasteiger partial charge on any atom is 0.258 e. The molecule has 2 rings (SSSR count). The van der Waals surface area contributed by atoms with Gasteiger partial charge in [0.05, 0.1) is 10.0 Å². The van der Waals surface area contributed by atoms with Gasteiger partial charge < -0.3 is 5.73 Å². The van der Waals surface area contributed by atoms with Gasteiger partial charge in [0.2, 0.25) is 10.3 Å². The topological polar surface area (TPSA) is 80.9 Å². The third-order valence-corrected chi connectivity index (χ3v) is 3.33. The van der Waals surface area contributed by atoms with Gasteiger partial charge in [0.15, 0.2) is 0 Å². The molecule has 2 aromatic rings. The molecule has 0 radical (unpaired) electrons. The first-order chi connectivity index (χ1) is 8.08. The quantitative estimate of drug-likeness (QED) is 0.890. The first-order valence-electron chi connectivity index (χ1n) is 4.42. The van der Waals surface area contributed by atoms with E-state index in [1.807, 2.05) is 0 Å². The van der Waals surface area contributed by atoms with Crippen LogP contribution in [0, 0.1) is 5.82 Å². The van der Waals surface area contributed by atoms with Crippen molar-refractivity contribution in [1.29, 1.82) is 0 Å². The van der Waals surface area contributed by atoms with Crippen LogP contribution in [0.15, 0.2) is 22.7 Å². The normalized spacial score (nSPS) is 10.2. The number of halogens is 2. The molecule has 5 nitrogen and oxygen atoms in total. The lowest BCUT2D eigenvalue weighted by atomic mass is 10.2. The highest BCUT2D eigenvalue weighted by atomic mass is 79.9. The predicted octanol–water partition coefficient (Wildman–Crippen LogP) is 2.27. The molecular formula is C9H6BrFN4OS. The zero-order valence-electron chi connectivity index (χ0n) is 8.28. The lowest BCUT2D eigenvalue weighted by molar-refractivity contribution is 0.102. The van der Waals surface area contributed by atoms with E-state index >= 15 is 0 Å². The molecular weight excluding hydrogens is 311 g/mol. The molecule has 0 spiro atoms. The van der Waals surface area contributed by atoms with E-state index in [0.29, 0.717) is 0 Å². The van der Waals surface area contributed by atoms with Crippen molar-refractivity contribution in [1.82, 2.24) is 10.2 Å². The lowest BCUT2D eigenvalue weighted by Gasteiger charge is -2.04. The van der Waals surface area contributed by atoms with Gasteiger partial charge in [-0.3, -0.25) is 10.1 Å². The van der Waals surface area contributed by atoms with Crippen molar-refractivity contribution in [3.8, 4) is 0 Å². The summed E-state index contributed by atoms with van der Waals surface area (Å²) in [4.78, 5) is 11.8. The summed E-state index contributed by atoms with van der Waals surface area (Å²) in [7, 11) is 0. The molecule has 1 aromatic carbocycles. The summed E-state index contributed by atoms with van der Waals surface area (Å²) in [6.45, 7) is 0. The van der Waals surface area contributed by atoms with Crippen molar-refractivity contribution < 1.29 is 9.18 Å². The molecule has 0 unspecified atom stereocenters. The largest absolute Gasteiger partial charge is 0.374 e. The highest BCUT2D eigenvalue weighted by Crippen LogP contribution is 2.23. The van der Waals surface area contributed by atoms with Crippen LogP contribution in [-0.4, -0.2) is 16.1 Å². The van der Waals surface area contributed by atoms with Crippen LogP contribution in [0.25, 0.3) is 0 Å². The number of amides is 1. The number of carbonyl (C=O) groups is 1. The van der Waals surface area contributed by atoms with Gasteiger partial charge in [0, 0.05) is 0 Å². The zero-order valence-corrected chi connectivity index (χ0v) is 10.7. The molecule has 0 aliphatic rings. The van der Waals surface area contributed by atoms with E-state index in [1.54, 1.807) is 0 Å². The third-order valence-electron chi connectivity index (χ3n) is 1.86. The molecule has 88 valence electrons. The molecule has 1 aromatic heterocycles. The van der Waals surface area contributed by atoms with Crippen LogP contribution in [0.2, 0.25) is 0 Å². The average Bonchev–Trinajstić information content (AvgIpc) is 2.68.